The van der Waals surface area contributed by atoms with E-state index in [-0.39, 0.29) is 12.2 Å². The Morgan fingerprint density at radius 2 is 1.83 bits per heavy atom. The van der Waals surface area contributed by atoms with E-state index in [9.17, 15) is 5.11 Å². The predicted octanol–water partition coefficient (Wildman–Crippen LogP) is 2.21. The molecule has 0 fully saturated rings. The molecule has 74 valence electrons. The van der Waals surface area contributed by atoms with E-state index in [0.29, 0.717) is 5.92 Å². The number of hydrogen-bond acceptors (Lipinski definition) is 2. The number of ether oxygens (including phenoxy) is 1. The SMILES string of the molecule is CCC(OC)C(O)CCC(C)C. The molecule has 0 aromatic heterocycles. The topological polar surface area (TPSA) is 29.5 Å². The second-order valence-corrected chi connectivity index (χ2v) is 3.72. The van der Waals surface area contributed by atoms with Crippen LogP contribution in [0.15, 0.2) is 0 Å². The van der Waals surface area contributed by atoms with E-state index in [1.807, 2.05) is 6.92 Å². The molecule has 2 unspecified atom stereocenters. The maximum absolute atomic E-state index is 9.63. The van der Waals surface area contributed by atoms with Crippen LogP contribution >= 0.6 is 0 Å². The van der Waals surface area contributed by atoms with E-state index in [0.717, 1.165) is 19.3 Å². The second-order valence-electron chi connectivity index (χ2n) is 3.72. The lowest BCUT2D eigenvalue weighted by molar-refractivity contribution is -0.0192. The van der Waals surface area contributed by atoms with Gasteiger partial charge in [0.2, 0.25) is 0 Å². The molecule has 0 radical (unpaired) electrons. The van der Waals surface area contributed by atoms with Gasteiger partial charge < -0.3 is 9.84 Å². The minimum Gasteiger partial charge on any atom is -0.390 e. The zero-order chi connectivity index (χ0) is 9.56. The van der Waals surface area contributed by atoms with Crippen molar-refractivity contribution in [2.24, 2.45) is 5.92 Å². The molecule has 0 aliphatic heterocycles. The average molecular weight is 174 g/mol. The molecule has 0 bridgehead atoms. The summed E-state index contributed by atoms with van der Waals surface area (Å²) >= 11 is 0. The van der Waals surface area contributed by atoms with Crippen molar-refractivity contribution in [3.63, 3.8) is 0 Å². The van der Waals surface area contributed by atoms with Gasteiger partial charge in [-0.2, -0.15) is 0 Å². The van der Waals surface area contributed by atoms with Crippen LogP contribution in [0.2, 0.25) is 0 Å². The summed E-state index contributed by atoms with van der Waals surface area (Å²) < 4.78 is 5.14. The van der Waals surface area contributed by atoms with Gasteiger partial charge in [0.1, 0.15) is 0 Å². The van der Waals surface area contributed by atoms with Crippen molar-refractivity contribution in [2.45, 2.75) is 52.2 Å². The highest BCUT2D eigenvalue weighted by molar-refractivity contribution is 4.67. The maximum atomic E-state index is 9.63. The first-order chi connectivity index (χ1) is 5.61. The largest absolute Gasteiger partial charge is 0.390 e. The number of hydrogen-bond donors (Lipinski definition) is 1. The van der Waals surface area contributed by atoms with Crippen molar-refractivity contribution >= 4 is 0 Å². The first kappa shape index (κ1) is 11.9. The highest BCUT2D eigenvalue weighted by Gasteiger charge is 2.16. The van der Waals surface area contributed by atoms with Crippen molar-refractivity contribution in [3.8, 4) is 0 Å². The molecular weight excluding hydrogens is 152 g/mol. The molecule has 1 N–H and O–H groups in total. The first-order valence-corrected chi connectivity index (χ1v) is 4.82. The molecule has 12 heavy (non-hydrogen) atoms. The van der Waals surface area contributed by atoms with Crippen molar-refractivity contribution < 1.29 is 9.84 Å². The van der Waals surface area contributed by atoms with Crippen LogP contribution in [0.5, 0.6) is 0 Å². The fourth-order valence-corrected chi connectivity index (χ4v) is 1.29. The summed E-state index contributed by atoms with van der Waals surface area (Å²) in [6.07, 6.45) is 2.53. The van der Waals surface area contributed by atoms with E-state index in [4.69, 9.17) is 4.74 Å². The molecule has 0 amide bonds. The van der Waals surface area contributed by atoms with Gasteiger partial charge in [-0.15, -0.1) is 0 Å². The highest BCUT2D eigenvalue weighted by Crippen LogP contribution is 2.12. The summed E-state index contributed by atoms with van der Waals surface area (Å²) in [5.74, 6) is 0.661. The van der Waals surface area contributed by atoms with Crippen molar-refractivity contribution in [1.82, 2.24) is 0 Å². The van der Waals surface area contributed by atoms with E-state index >= 15 is 0 Å². The summed E-state index contributed by atoms with van der Waals surface area (Å²) in [5, 5.41) is 9.63. The van der Waals surface area contributed by atoms with Gasteiger partial charge in [0.25, 0.3) is 0 Å². The predicted molar refractivity (Wildman–Crippen MR) is 51.2 cm³/mol. The monoisotopic (exact) mass is 174 g/mol. The number of rotatable bonds is 6. The Morgan fingerprint density at radius 1 is 1.25 bits per heavy atom. The average Bonchev–Trinajstić information content (AvgIpc) is 2.03. The second kappa shape index (κ2) is 6.44. The van der Waals surface area contributed by atoms with Gasteiger partial charge in [-0.1, -0.05) is 20.8 Å². The van der Waals surface area contributed by atoms with Gasteiger partial charge in [0.15, 0.2) is 0 Å². The van der Waals surface area contributed by atoms with Crippen molar-refractivity contribution in [1.29, 1.82) is 0 Å². The Bertz CT molecular complexity index is 98.0. The van der Waals surface area contributed by atoms with Crippen molar-refractivity contribution in [3.05, 3.63) is 0 Å². The van der Waals surface area contributed by atoms with Crippen LogP contribution in [-0.4, -0.2) is 24.4 Å². The molecule has 0 spiro atoms. The van der Waals surface area contributed by atoms with Crippen molar-refractivity contribution in [2.75, 3.05) is 7.11 Å². The minimum atomic E-state index is -0.289. The standard InChI is InChI=1S/C10H22O2/c1-5-10(12-4)9(11)7-6-8(2)3/h8-11H,5-7H2,1-4H3. The van der Waals surface area contributed by atoms with Gasteiger partial charge in [-0.25, -0.2) is 0 Å². The van der Waals surface area contributed by atoms with E-state index < -0.39 is 0 Å². The number of methoxy groups -OCH3 is 1. The molecule has 0 saturated heterocycles. The smallest absolute Gasteiger partial charge is 0.0827 e. The van der Waals surface area contributed by atoms with Gasteiger partial charge in [0.05, 0.1) is 12.2 Å². The van der Waals surface area contributed by atoms with Gasteiger partial charge in [-0.3, -0.25) is 0 Å². The molecule has 0 heterocycles. The lowest BCUT2D eigenvalue weighted by Crippen LogP contribution is -2.27. The third-order valence-electron chi connectivity index (χ3n) is 2.17. The maximum Gasteiger partial charge on any atom is 0.0827 e. The van der Waals surface area contributed by atoms with E-state index in [1.165, 1.54) is 0 Å². The third kappa shape index (κ3) is 4.73. The van der Waals surface area contributed by atoms with Crippen LogP contribution in [0.4, 0.5) is 0 Å². The molecule has 0 rings (SSSR count). The van der Waals surface area contributed by atoms with Crippen LogP contribution in [0.1, 0.15) is 40.0 Å². The van der Waals surface area contributed by atoms with Crippen LogP contribution in [0.25, 0.3) is 0 Å². The third-order valence-corrected chi connectivity index (χ3v) is 2.17. The van der Waals surface area contributed by atoms with Crippen LogP contribution < -0.4 is 0 Å². The lowest BCUT2D eigenvalue weighted by atomic mass is 10.0. The van der Waals surface area contributed by atoms with Crippen LogP contribution in [-0.2, 0) is 4.74 Å². The molecule has 0 saturated carbocycles. The fourth-order valence-electron chi connectivity index (χ4n) is 1.29. The van der Waals surface area contributed by atoms with Crippen LogP contribution in [0.3, 0.4) is 0 Å². The number of aliphatic hydroxyl groups excluding tert-OH is 1. The Morgan fingerprint density at radius 3 is 2.17 bits per heavy atom. The summed E-state index contributed by atoms with van der Waals surface area (Å²) in [7, 11) is 1.66. The minimum absolute atomic E-state index is 0.0174. The van der Waals surface area contributed by atoms with E-state index in [2.05, 4.69) is 13.8 Å². The van der Waals surface area contributed by atoms with Gasteiger partial charge in [0, 0.05) is 7.11 Å². The Labute approximate surface area is 75.9 Å². The highest BCUT2D eigenvalue weighted by atomic mass is 16.5. The molecule has 2 heteroatoms. The Kier molecular flexibility index (Phi) is 6.39. The summed E-state index contributed by atoms with van der Waals surface area (Å²) in [4.78, 5) is 0. The molecule has 2 nitrogen and oxygen atoms in total. The van der Waals surface area contributed by atoms with Gasteiger partial charge >= 0.3 is 0 Å². The Balaban J connectivity index is 3.61. The number of aliphatic hydroxyl groups is 1. The van der Waals surface area contributed by atoms with Gasteiger partial charge in [-0.05, 0) is 25.2 Å². The zero-order valence-electron chi connectivity index (χ0n) is 8.71. The summed E-state index contributed by atoms with van der Waals surface area (Å²) in [5.41, 5.74) is 0. The van der Waals surface area contributed by atoms with Crippen LogP contribution in [0, 0.1) is 5.92 Å². The quantitative estimate of drug-likeness (QED) is 0.669. The van der Waals surface area contributed by atoms with E-state index in [1.54, 1.807) is 7.11 Å². The molecular formula is C10H22O2. The summed E-state index contributed by atoms with van der Waals surface area (Å²) in [6.45, 7) is 6.37. The fraction of sp³-hybridized carbons (Fsp3) is 1.00. The Hall–Kier alpha value is -0.0800. The zero-order valence-corrected chi connectivity index (χ0v) is 8.71. The molecule has 0 aromatic rings. The first-order valence-electron chi connectivity index (χ1n) is 4.82. The molecule has 0 aliphatic rings. The summed E-state index contributed by atoms with van der Waals surface area (Å²) in [6, 6.07) is 0. The molecule has 0 aliphatic carbocycles. The lowest BCUT2D eigenvalue weighted by Gasteiger charge is -2.20. The normalized spacial score (nSPS) is 16.5. The molecule has 2 atom stereocenters. The molecule has 0 aromatic carbocycles.